The summed E-state index contributed by atoms with van der Waals surface area (Å²) >= 11 is 0. The van der Waals surface area contributed by atoms with Crippen LogP contribution in [0.1, 0.15) is 0 Å². The van der Waals surface area contributed by atoms with Crippen LogP contribution in [0, 0.1) is 10.1 Å². The van der Waals surface area contributed by atoms with Crippen LogP contribution in [0.15, 0.2) is 48.7 Å². The molecule has 1 aromatic heterocycles. The van der Waals surface area contributed by atoms with Gasteiger partial charge in [-0.1, -0.05) is 18.2 Å². The number of aromatic nitrogens is 1. The molecular weight excluding hydrogens is 244 g/mol. The molecule has 0 spiro atoms. The van der Waals surface area contributed by atoms with Crippen molar-refractivity contribution in [1.29, 1.82) is 0 Å². The lowest BCUT2D eigenvalue weighted by Gasteiger charge is -2.08. The Morgan fingerprint density at radius 2 is 1.79 bits per heavy atom. The number of anilines is 2. The molecule has 0 atom stereocenters. The van der Waals surface area contributed by atoms with E-state index < -0.39 is 4.92 Å². The Balaban J connectivity index is 1.85. The SMILES string of the molecule is O=[N+]([O-])c1ccccc1NCCNc1ccccn1. The molecule has 2 rings (SSSR count). The van der Waals surface area contributed by atoms with Gasteiger partial charge in [0.25, 0.3) is 5.69 Å². The van der Waals surface area contributed by atoms with Gasteiger partial charge in [-0.15, -0.1) is 0 Å². The van der Waals surface area contributed by atoms with E-state index in [1.807, 2.05) is 18.2 Å². The van der Waals surface area contributed by atoms with Crippen LogP contribution in [0.4, 0.5) is 17.2 Å². The fraction of sp³-hybridized carbons (Fsp3) is 0.154. The summed E-state index contributed by atoms with van der Waals surface area (Å²) in [5.41, 5.74) is 0.607. The van der Waals surface area contributed by atoms with Crippen LogP contribution >= 0.6 is 0 Å². The van der Waals surface area contributed by atoms with E-state index in [-0.39, 0.29) is 5.69 Å². The maximum Gasteiger partial charge on any atom is 0.292 e. The van der Waals surface area contributed by atoms with Crippen LogP contribution in [-0.4, -0.2) is 23.0 Å². The molecule has 0 saturated heterocycles. The second-order valence-electron chi connectivity index (χ2n) is 3.84. The minimum atomic E-state index is -0.394. The molecule has 19 heavy (non-hydrogen) atoms. The van der Waals surface area contributed by atoms with Gasteiger partial charge in [0.1, 0.15) is 11.5 Å². The molecule has 98 valence electrons. The first kappa shape index (κ1) is 12.8. The smallest absolute Gasteiger partial charge is 0.292 e. The monoisotopic (exact) mass is 258 g/mol. The summed E-state index contributed by atoms with van der Waals surface area (Å²) in [5.74, 6) is 0.784. The maximum absolute atomic E-state index is 10.8. The molecule has 6 heteroatoms. The molecule has 0 bridgehead atoms. The molecule has 2 aromatic rings. The van der Waals surface area contributed by atoms with Crippen LogP contribution in [0.2, 0.25) is 0 Å². The van der Waals surface area contributed by atoms with Crippen LogP contribution in [0.3, 0.4) is 0 Å². The highest BCUT2D eigenvalue weighted by Gasteiger charge is 2.10. The van der Waals surface area contributed by atoms with E-state index in [0.29, 0.717) is 18.8 Å². The van der Waals surface area contributed by atoms with Gasteiger partial charge < -0.3 is 10.6 Å². The number of pyridine rings is 1. The van der Waals surface area contributed by atoms with Crippen molar-refractivity contribution in [1.82, 2.24) is 4.98 Å². The standard InChI is InChI=1S/C13H14N4O2/c18-17(19)12-6-2-1-5-11(12)14-9-10-16-13-7-3-4-8-15-13/h1-8,14H,9-10H2,(H,15,16). The van der Waals surface area contributed by atoms with Crippen molar-refractivity contribution in [2.45, 2.75) is 0 Å². The summed E-state index contributed by atoms with van der Waals surface area (Å²) in [6.07, 6.45) is 1.71. The van der Waals surface area contributed by atoms with Crippen molar-refractivity contribution >= 4 is 17.2 Å². The van der Waals surface area contributed by atoms with Gasteiger partial charge in [0.05, 0.1) is 4.92 Å². The third-order valence-electron chi connectivity index (χ3n) is 2.51. The Morgan fingerprint density at radius 1 is 1.05 bits per heavy atom. The van der Waals surface area contributed by atoms with Gasteiger partial charge in [-0.25, -0.2) is 4.98 Å². The van der Waals surface area contributed by atoms with Crippen LogP contribution < -0.4 is 10.6 Å². The molecular formula is C13H14N4O2. The minimum Gasteiger partial charge on any atom is -0.378 e. The second-order valence-corrected chi connectivity index (χ2v) is 3.84. The number of nitrogens with zero attached hydrogens (tertiary/aromatic N) is 2. The normalized spacial score (nSPS) is 9.89. The van der Waals surface area contributed by atoms with Crippen LogP contribution in [0.5, 0.6) is 0 Å². The van der Waals surface area contributed by atoms with Crippen molar-refractivity contribution < 1.29 is 4.92 Å². The van der Waals surface area contributed by atoms with Crippen molar-refractivity contribution in [3.63, 3.8) is 0 Å². The molecule has 2 N–H and O–H groups in total. The lowest BCUT2D eigenvalue weighted by molar-refractivity contribution is -0.384. The molecule has 0 amide bonds. The summed E-state index contributed by atoms with van der Waals surface area (Å²) < 4.78 is 0. The summed E-state index contributed by atoms with van der Waals surface area (Å²) in [4.78, 5) is 14.5. The van der Waals surface area contributed by atoms with E-state index in [2.05, 4.69) is 15.6 Å². The number of benzene rings is 1. The predicted molar refractivity (Wildman–Crippen MR) is 74.3 cm³/mol. The Kier molecular flexibility index (Phi) is 4.28. The Morgan fingerprint density at radius 3 is 2.53 bits per heavy atom. The highest BCUT2D eigenvalue weighted by atomic mass is 16.6. The van der Waals surface area contributed by atoms with Gasteiger partial charge in [0, 0.05) is 25.4 Å². The van der Waals surface area contributed by atoms with E-state index in [0.717, 1.165) is 5.82 Å². The van der Waals surface area contributed by atoms with E-state index >= 15 is 0 Å². The average molecular weight is 258 g/mol. The molecule has 0 saturated carbocycles. The zero-order chi connectivity index (χ0) is 13.5. The van der Waals surface area contributed by atoms with Crippen LogP contribution in [-0.2, 0) is 0 Å². The van der Waals surface area contributed by atoms with Gasteiger partial charge in [-0.2, -0.15) is 0 Å². The largest absolute Gasteiger partial charge is 0.378 e. The number of nitrogens with one attached hydrogen (secondary N) is 2. The fourth-order valence-corrected chi connectivity index (χ4v) is 1.64. The summed E-state index contributed by atoms with van der Waals surface area (Å²) in [6.45, 7) is 1.20. The van der Waals surface area contributed by atoms with Crippen molar-refractivity contribution in [2.75, 3.05) is 23.7 Å². The maximum atomic E-state index is 10.8. The predicted octanol–water partition coefficient (Wildman–Crippen LogP) is 2.51. The molecule has 0 radical (unpaired) electrons. The Bertz CT molecular complexity index is 545. The van der Waals surface area contributed by atoms with Gasteiger partial charge in [0.15, 0.2) is 0 Å². The molecule has 0 aliphatic rings. The molecule has 0 fully saturated rings. The number of hydrogen-bond acceptors (Lipinski definition) is 5. The Hall–Kier alpha value is -2.63. The number of rotatable bonds is 6. The van der Waals surface area contributed by atoms with Gasteiger partial charge >= 0.3 is 0 Å². The quantitative estimate of drug-likeness (QED) is 0.472. The van der Waals surface area contributed by atoms with Crippen LogP contribution in [0.25, 0.3) is 0 Å². The first-order chi connectivity index (χ1) is 9.27. The lowest BCUT2D eigenvalue weighted by Crippen LogP contribution is -2.14. The van der Waals surface area contributed by atoms with Gasteiger partial charge in [-0.05, 0) is 18.2 Å². The van der Waals surface area contributed by atoms with Crippen molar-refractivity contribution in [3.8, 4) is 0 Å². The summed E-state index contributed by atoms with van der Waals surface area (Å²) in [5, 5.41) is 17.0. The Labute approximate surface area is 110 Å². The number of hydrogen-bond donors (Lipinski definition) is 2. The van der Waals surface area contributed by atoms with E-state index in [1.54, 1.807) is 24.4 Å². The summed E-state index contributed by atoms with van der Waals surface area (Å²) in [6, 6.07) is 12.2. The lowest BCUT2D eigenvalue weighted by atomic mass is 10.2. The molecule has 1 aromatic carbocycles. The van der Waals surface area contributed by atoms with E-state index in [1.165, 1.54) is 6.07 Å². The van der Waals surface area contributed by atoms with Gasteiger partial charge in [-0.3, -0.25) is 10.1 Å². The number of nitro groups is 1. The highest BCUT2D eigenvalue weighted by Crippen LogP contribution is 2.22. The number of nitro benzene ring substituents is 1. The third kappa shape index (κ3) is 3.67. The summed E-state index contributed by atoms with van der Waals surface area (Å²) in [7, 11) is 0. The molecule has 0 unspecified atom stereocenters. The van der Waals surface area contributed by atoms with Gasteiger partial charge in [0.2, 0.25) is 0 Å². The van der Waals surface area contributed by atoms with Crippen molar-refractivity contribution in [3.05, 3.63) is 58.8 Å². The first-order valence-electron chi connectivity index (χ1n) is 5.89. The van der Waals surface area contributed by atoms with E-state index in [9.17, 15) is 10.1 Å². The zero-order valence-corrected chi connectivity index (χ0v) is 10.2. The minimum absolute atomic E-state index is 0.0836. The van der Waals surface area contributed by atoms with E-state index in [4.69, 9.17) is 0 Å². The fourth-order valence-electron chi connectivity index (χ4n) is 1.64. The molecule has 0 aliphatic heterocycles. The molecule has 1 heterocycles. The zero-order valence-electron chi connectivity index (χ0n) is 10.2. The highest BCUT2D eigenvalue weighted by molar-refractivity contribution is 5.61. The average Bonchev–Trinajstić information content (AvgIpc) is 2.45. The van der Waals surface area contributed by atoms with Crippen molar-refractivity contribution in [2.24, 2.45) is 0 Å². The third-order valence-corrected chi connectivity index (χ3v) is 2.51. The molecule has 6 nitrogen and oxygen atoms in total. The molecule has 0 aliphatic carbocycles. The topological polar surface area (TPSA) is 80.1 Å². The second kappa shape index (κ2) is 6.34. The first-order valence-corrected chi connectivity index (χ1v) is 5.89. The number of para-hydroxylation sites is 2.